The van der Waals surface area contributed by atoms with Gasteiger partial charge in [0.1, 0.15) is 11.2 Å². The van der Waals surface area contributed by atoms with Crippen molar-refractivity contribution in [2.45, 2.75) is 5.41 Å². The highest BCUT2D eigenvalue weighted by atomic mass is 16.3. The summed E-state index contributed by atoms with van der Waals surface area (Å²) >= 11 is 0. The maximum atomic E-state index is 6.68. The fourth-order valence-corrected chi connectivity index (χ4v) is 13.3. The lowest BCUT2D eigenvalue weighted by molar-refractivity contribution is 0.668. The Morgan fingerprint density at radius 1 is 0.303 bits per heavy atom. The van der Waals surface area contributed by atoms with Crippen molar-refractivity contribution in [3.8, 4) is 66.8 Å². The number of rotatable bonds is 5. The van der Waals surface area contributed by atoms with Gasteiger partial charge in [0.2, 0.25) is 0 Å². The first-order valence-corrected chi connectivity index (χ1v) is 26.2. The summed E-state index contributed by atoms with van der Waals surface area (Å²) in [6.07, 6.45) is 0. The van der Waals surface area contributed by atoms with E-state index in [0.29, 0.717) is 0 Å². The maximum Gasteiger partial charge on any atom is 0.136 e. The summed E-state index contributed by atoms with van der Waals surface area (Å²) in [7, 11) is 0. The highest BCUT2D eigenvalue weighted by Gasteiger charge is 2.51. The molecule has 12 aromatic carbocycles. The van der Waals surface area contributed by atoms with E-state index in [-0.39, 0.29) is 0 Å². The minimum Gasteiger partial charge on any atom is -0.456 e. The molecule has 0 saturated heterocycles. The van der Waals surface area contributed by atoms with E-state index >= 15 is 0 Å². The third-order valence-corrected chi connectivity index (χ3v) is 16.4. The third kappa shape index (κ3) is 6.05. The van der Waals surface area contributed by atoms with Crippen molar-refractivity contribution in [2.24, 2.45) is 0 Å². The lowest BCUT2D eigenvalue weighted by Gasteiger charge is -2.36. The smallest absolute Gasteiger partial charge is 0.136 e. The number of nitrogens with zero attached hydrogens (tertiary/aromatic N) is 2. The Bertz CT molecular complexity index is 4480. The molecule has 3 nitrogen and oxygen atoms in total. The fraction of sp³-hybridized carbons (Fsp3) is 0.0137. The lowest BCUT2D eigenvalue weighted by Crippen LogP contribution is -2.29. The van der Waals surface area contributed by atoms with Gasteiger partial charge in [0.15, 0.2) is 0 Å². The SMILES string of the molecule is c1ccc(-c2ccc(N(c3ccc4c(c3)-c3ccccc3-c3ccccc3N4c3ccccc3)c3ccc4c(c3)C3(c5ccccc5-c5ccccc5-4)c4ccccc4-c4c3ccc3oc5ccccc5c43)cc2)cc1. The minimum absolute atomic E-state index is 0.725. The number of benzene rings is 12. The Morgan fingerprint density at radius 2 is 0.816 bits per heavy atom. The van der Waals surface area contributed by atoms with Crippen LogP contribution in [0.25, 0.3) is 88.7 Å². The Morgan fingerprint density at radius 3 is 1.57 bits per heavy atom. The molecule has 0 bridgehead atoms. The molecule has 2 heterocycles. The second-order valence-electron chi connectivity index (χ2n) is 20.3. The van der Waals surface area contributed by atoms with E-state index in [1.54, 1.807) is 0 Å². The molecule has 1 spiro atoms. The molecule has 16 rings (SSSR count). The fourth-order valence-electron chi connectivity index (χ4n) is 13.3. The van der Waals surface area contributed by atoms with Crippen molar-refractivity contribution in [3.63, 3.8) is 0 Å². The standard InChI is InChI=1S/C73H46N2O/c1-3-19-47(20-4-1)48-35-37-50(38-36-48)74(51-40-43-68-62(45-51)56-26-10-9-25-55(56)59-28-13-17-33-67(59)75(68)49-21-5-2-6-22-49)52-39-41-58-54-24-8-7-23-53(54)57-27-11-15-31-63(57)73(66(58)46-52)64-32-16-12-29-60(64)71-65(73)42-44-70-72(71)61-30-14-18-34-69(61)76-70/h1-46H. The van der Waals surface area contributed by atoms with E-state index < -0.39 is 5.41 Å². The average molecular weight is 967 g/mol. The van der Waals surface area contributed by atoms with Gasteiger partial charge in [-0.2, -0.15) is 0 Å². The van der Waals surface area contributed by atoms with Crippen LogP contribution < -0.4 is 9.80 Å². The number of para-hydroxylation sites is 3. The Labute approximate surface area is 441 Å². The summed E-state index contributed by atoms with van der Waals surface area (Å²) in [4.78, 5) is 4.91. The molecule has 0 fully saturated rings. The molecular weight excluding hydrogens is 921 g/mol. The van der Waals surface area contributed by atoms with Crippen LogP contribution in [0.15, 0.2) is 283 Å². The number of anilines is 6. The molecule has 2 aliphatic carbocycles. The highest BCUT2D eigenvalue weighted by Crippen LogP contribution is 2.64. The molecule has 0 saturated carbocycles. The zero-order chi connectivity index (χ0) is 49.9. The van der Waals surface area contributed by atoms with Crippen LogP contribution in [-0.4, -0.2) is 0 Å². The largest absolute Gasteiger partial charge is 0.456 e. The molecule has 3 aliphatic rings. The molecule has 0 radical (unpaired) electrons. The minimum atomic E-state index is -0.725. The monoisotopic (exact) mass is 966 g/mol. The molecule has 13 aromatic rings. The number of hydrogen-bond acceptors (Lipinski definition) is 3. The van der Waals surface area contributed by atoms with Crippen molar-refractivity contribution < 1.29 is 4.42 Å². The number of fused-ring (bicyclic) bond motifs is 21. The first-order chi connectivity index (χ1) is 37.7. The summed E-state index contributed by atoms with van der Waals surface area (Å²) < 4.78 is 6.68. The second-order valence-corrected chi connectivity index (χ2v) is 20.3. The summed E-state index contributed by atoms with van der Waals surface area (Å²) in [5.41, 5.74) is 27.1. The Hall–Kier alpha value is -9.96. The zero-order valence-corrected chi connectivity index (χ0v) is 41.4. The Kier molecular flexibility index (Phi) is 9.25. The van der Waals surface area contributed by atoms with E-state index in [9.17, 15) is 0 Å². The molecule has 0 N–H and O–H groups in total. The lowest BCUT2D eigenvalue weighted by atomic mass is 9.65. The van der Waals surface area contributed by atoms with E-state index in [1.165, 1.54) is 83.5 Å². The normalized spacial score (nSPS) is 14.3. The number of furan rings is 1. The van der Waals surface area contributed by atoms with Gasteiger partial charge < -0.3 is 14.2 Å². The summed E-state index contributed by atoms with van der Waals surface area (Å²) in [5.74, 6) is 0. The Balaban J connectivity index is 0.997. The number of hydrogen-bond donors (Lipinski definition) is 0. The van der Waals surface area contributed by atoms with Crippen LogP contribution in [0, 0.1) is 0 Å². The summed E-state index contributed by atoms with van der Waals surface area (Å²) in [5, 5.41) is 2.29. The van der Waals surface area contributed by atoms with Crippen molar-refractivity contribution in [2.75, 3.05) is 9.80 Å². The van der Waals surface area contributed by atoms with Gasteiger partial charge in [-0.05, 0) is 151 Å². The van der Waals surface area contributed by atoms with Crippen molar-refractivity contribution in [1.29, 1.82) is 0 Å². The van der Waals surface area contributed by atoms with Crippen molar-refractivity contribution >= 4 is 56.1 Å². The van der Waals surface area contributed by atoms with Crippen LogP contribution >= 0.6 is 0 Å². The molecule has 1 aromatic heterocycles. The zero-order valence-electron chi connectivity index (χ0n) is 41.4. The van der Waals surface area contributed by atoms with Crippen molar-refractivity contribution in [3.05, 3.63) is 301 Å². The molecule has 1 atom stereocenters. The summed E-state index contributed by atoms with van der Waals surface area (Å²) in [6, 6.07) is 103. The topological polar surface area (TPSA) is 19.6 Å². The van der Waals surface area contributed by atoms with Crippen LogP contribution in [0.2, 0.25) is 0 Å². The molecule has 76 heavy (non-hydrogen) atoms. The third-order valence-electron chi connectivity index (χ3n) is 16.4. The van der Waals surface area contributed by atoms with Gasteiger partial charge >= 0.3 is 0 Å². The van der Waals surface area contributed by atoms with Crippen LogP contribution in [-0.2, 0) is 5.41 Å². The van der Waals surface area contributed by atoms with E-state index in [2.05, 4.69) is 289 Å². The first-order valence-electron chi connectivity index (χ1n) is 26.2. The van der Waals surface area contributed by atoms with Gasteiger partial charge in [0.05, 0.1) is 16.8 Å². The van der Waals surface area contributed by atoms with Gasteiger partial charge in [-0.15, -0.1) is 0 Å². The van der Waals surface area contributed by atoms with Crippen LogP contribution in [0.3, 0.4) is 0 Å². The van der Waals surface area contributed by atoms with Gasteiger partial charge in [0, 0.05) is 44.6 Å². The summed E-state index contributed by atoms with van der Waals surface area (Å²) in [6.45, 7) is 0. The van der Waals surface area contributed by atoms with Crippen LogP contribution in [0.1, 0.15) is 22.3 Å². The predicted octanol–water partition coefficient (Wildman–Crippen LogP) is 19.9. The van der Waals surface area contributed by atoms with E-state index in [0.717, 1.165) is 61.6 Å². The molecule has 354 valence electrons. The molecule has 0 amide bonds. The van der Waals surface area contributed by atoms with E-state index in [4.69, 9.17) is 4.42 Å². The molecule has 1 unspecified atom stereocenters. The quantitative estimate of drug-likeness (QED) is 0.171. The van der Waals surface area contributed by atoms with Crippen LogP contribution in [0.4, 0.5) is 34.1 Å². The second kappa shape index (κ2) is 16.5. The van der Waals surface area contributed by atoms with Gasteiger partial charge in [-0.3, -0.25) is 0 Å². The predicted molar refractivity (Wildman–Crippen MR) is 315 cm³/mol. The first kappa shape index (κ1) is 42.5. The molecule has 1 aliphatic heterocycles. The molecular formula is C73H46N2O. The maximum absolute atomic E-state index is 6.68. The van der Waals surface area contributed by atoms with Crippen molar-refractivity contribution in [1.82, 2.24) is 0 Å². The van der Waals surface area contributed by atoms with Crippen LogP contribution in [0.5, 0.6) is 0 Å². The van der Waals surface area contributed by atoms with E-state index in [1.807, 2.05) is 0 Å². The van der Waals surface area contributed by atoms with Gasteiger partial charge in [-0.1, -0.05) is 206 Å². The van der Waals surface area contributed by atoms with Gasteiger partial charge in [0.25, 0.3) is 0 Å². The highest BCUT2D eigenvalue weighted by molar-refractivity contribution is 6.16. The van der Waals surface area contributed by atoms with Gasteiger partial charge in [-0.25, -0.2) is 0 Å². The molecule has 3 heteroatoms. The average Bonchev–Trinajstić information content (AvgIpc) is 4.12.